The fourth-order valence-electron chi connectivity index (χ4n) is 13.5. The third kappa shape index (κ3) is 30.9. The van der Waals surface area contributed by atoms with Crippen molar-refractivity contribution in [1.29, 1.82) is 0 Å². The molecule has 16 unspecified atom stereocenters. The van der Waals surface area contributed by atoms with Crippen molar-refractivity contribution in [2.45, 2.75) is 273 Å². The van der Waals surface area contributed by atoms with E-state index in [4.69, 9.17) is 71.1 Å². The maximum Gasteiger partial charge on any atom is 0.217 e. The van der Waals surface area contributed by atoms with Gasteiger partial charge in [-0.15, -0.1) is 0 Å². The number of carbonyl (C=O) groups excluding carboxylic acids is 8. The van der Waals surface area contributed by atoms with Crippen LogP contribution in [0.5, 0.6) is 0 Å². The van der Waals surface area contributed by atoms with Crippen LogP contribution in [0.2, 0.25) is 0 Å². The summed E-state index contributed by atoms with van der Waals surface area (Å²) >= 11 is 0. The van der Waals surface area contributed by atoms with Crippen molar-refractivity contribution >= 4 is 89.1 Å². The average Bonchev–Trinajstić information content (AvgIpc) is 0.762. The first-order valence-electron chi connectivity index (χ1n) is 34.6. The summed E-state index contributed by atoms with van der Waals surface area (Å²) in [4.78, 5) is 102. The molecule has 73 heteroatoms. The molecule has 0 spiro atoms. The normalized spacial score (nSPS) is 40.0. The van der Waals surface area contributed by atoms with Gasteiger partial charge in [0.1, 0.15) is 195 Å². The van der Waals surface area contributed by atoms with Crippen molar-refractivity contribution in [3.05, 3.63) is 0 Å². The number of rotatable bonds is 34. The molecule has 0 aliphatic carbocycles. The third-order valence-corrected chi connectivity index (χ3v) is 20.6. The molecule has 8 saturated heterocycles. The van der Waals surface area contributed by atoms with Crippen LogP contribution in [0.25, 0.3) is 0 Å². The number of carbonyl (C=O) groups is 8. The van der Waals surface area contributed by atoms with Crippen LogP contribution in [-0.4, -0.2) is 443 Å². The second-order valence-electron chi connectivity index (χ2n) is 27.4. The first-order chi connectivity index (χ1) is 55.9. The highest BCUT2D eigenvalue weighted by Crippen LogP contribution is 2.40. The molecular formula is C56H110N12O57S4. The van der Waals surface area contributed by atoms with Crippen LogP contribution in [0.15, 0.2) is 0 Å². The molecule has 0 aromatic carbocycles. The second-order valence-corrected chi connectivity index (χ2v) is 31.6. The summed E-state index contributed by atoms with van der Waals surface area (Å²) in [5, 5.41) is 219. The minimum atomic E-state index is -5.94. The van der Waals surface area contributed by atoms with Crippen molar-refractivity contribution in [2.75, 3.05) is 26.4 Å². The predicted octanol–water partition coefficient (Wildman–Crippen LogP) is -21.9. The second kappa shape index (κ2) is 49.8. The maximum atomic E-state index is 13.3. The standard InChI is InChI=1S/C56H86N4O57S4.8H3N/c1-9(61)57-17-34(21(65)13(103-49(17)86)5-99-118(87,88)89)107-54-31(75)27(71)38(42(115-54)46(80)81)111-51-19(59-11(3)63)36(23(67)15(105-51)7-101-120(93,94)95)109-56-33(77)29(73)40(44(117-56)48(84)85)113-52-20(60-12(4)64)37(24(68)16(106-52)8-102-121(96,97)98)110-55-32(76)28(72)39(43(116-55)47(82)83)112-50-18(58-10(2)62)35(22(66)14(104-50)6-100-119(90,91)92)108-53-30(74)25(69)26(70)41(114-53)45(78)79;;;;;;;;/h13-44,49-56,65-77,86H,5-8H2,1-4H3,(H,57,61)(H,58,62)(H,59,63)(H,60,64)(H,78,79)(H,80,81)(H,82,83)(H,84,85)(H,87,88,89)(H,90,91,92)(H,93,94,95)(H,96,97,98);8*1H3/t13?,14?,15?,16?,17?,18?,19?,20?,21-,22-,23-,24-,25-,26-,27+,28+,29+,30?,31?,32?,33?,34+,35+,36+,37+,38-,39-,40-,41?,42?,43?,44?,49+,50-,51-,52-,53+,54+,55+,56+;;;;;;;;/m0......../s1. The van der Waals surface area contributed by atoms with Crippen molar-refractivity contribution < 1.29 is 270 Å². The van der Waals surface area contributed by atoms with Crippen LogP contribution >= 0.6 is 0 Å². The number of ether oxygens (including phenoxy) is 15. The summed E-state index contributed by atoms with van der Waals surface area (Å²) in [6.45, 7) is -3.57. The van der Waals surface area contributed by atoms with Gasteiger partial charge < -0.3 is 271 Å². The Labute approximate surface area is 726 Å². The summed E-state index contributed by atoms with van der Waals surface area (Å²) in [7, 11) is -23.2. The molecule has 69 nitrogen and oxygen atoms in total. The summed E-state index contributed by atoms with van der Waals surface area (Å²) < 4.78 is 239. The molecule has 8 aliphatic rings. The number of carboxylic acids is 4. The van der Waals surface area contributed by atoms with Gasteiger partial charge in [-0.2, -0.15) is 0 Å². The van der Waals surface area contributed by atoms with Crippen molar-refractivity contribution in [3.8, 4) is 0 Å². The smallest absolute Gasteiger partial charge is 0.217 e. The SMILES string of the molecule is CC(=O)NC1[C@H](O[C@@H]2C(C(=O)[O-])O[C@@H](O[C@@H]3C(NC(C)=O)[C@H](O[C@@H]4C(C(=O)[O-])O[C@@H](O[C@@H]5C(NC(C)=O)[C@H](O[C@@H]6C(C(=O)[O-])O[C@@H](O[C@@H]7C(NC(C)=O)[C@H](O)OC(COS(=O)(=O)[O-])[C@@H]7O)C(O)[C@H]6O)OC(COS(=O)(=O)[O-])[C@@H]5O)C(O)[C@H]4O)OC(COS(=O)(=O)[O-])[C@@H]3O)C(O)[C@H]2O)OC(COS(=O)(=O)[O-])[C@H](O)[C@@H]1O[C@@H]1OC(C(=O)[O-])[C@@H](O)[C@H](O)C1O.[NH4+].[NH4+].[NH4+].[NH4+].[NH4+].[NH4+].[NH4+].[NH4+]. The summed E-state index contributed by atoms with van der Waals surface area (Å²) in [5.74, 6) is -14.8. The number of nitrogens with one attached hydrogen (secondary N) is 4. The van der Waals surface area contributed by atoms with E-state index in [9.17, 15) is 182 Å². The molecule has 0 aromatic heterocycles. The number of quaternary nitrogens is 8. The largest absolute Gasteiger partial charge is 0.726 e. The molecular weight excluding hydrogens is 1880 g/mol. The number of aliphatic hydroxyl groups is 14. The van der Waals surface area contributed by atoms with E-state index in [1.807, 2.05) is 10.6 Å². The average molecular weight is 1990 g/mol. The molecule has 8 heterocycles. The van der Waals surface area contributed by atoms with E-state index in [0.29, 0.717) is 13.8 Å². The lowest BCUT2D eigenvalue weighted by Gasteiger charge is -2.52. The number of aliphatic carboxylic acids is 4. The lowest BCUT2D eigenvalue weighted by molar-refractivity contribution is -0.395. The first kappa shape index (κ1) is 123. The zero-order valence-electron chi connectivity index (χ0n) is 69.4. The van der Waals surface area contributed by atoms with Gasteiger partial charge in [0, 0.05) is 27.7 Å². The van der Waals surface area contributed by atoms with Crippen LogP contribution in [-0.2, 0) is 168 Å². The predicted molar refractivity (Wildman–Crippen MR) is 385 cm³/mol. The molecule has 4 amide bonds. The number of hydrogen-bond donors (Lipinski definition) is 26. The molecule has 0 aromatic rings. The molecule has 40 atom stereocenters. The number of carboxylic acid groups (broad SMARTS) is 4. The van der Waals surface area contributed by atoms with E-state index < -0.39 is 361 Å². The van der Waals surface area contributed by atoms with Gasteiger partial charge in [-0.25, -0.2) is 33.7 Å². The Morgan fingerprint density at radius 1 is 0.256 bits per heavy atom. The van der Waals surface area contributed by atoms with E-state index in [1.165, 1.54) is 0 Å². The Morgan fingerprint density at radius 2 is 0.450 bits per heavy atom. The third-order valence-electron chi connectivity index (χ3n) is 18.9. The zero-order chi connectivity index (χ0) is 90.8. The Morgan fingerprint density at radius 3 is 0.667 bits per heavy atom. The van der Waals surface area contributed by atoms with E-state index in [2.05, 4.69) is 27.4 Å². The van der Waals surface area contributed by atoms with Crippen LogP contribution in [0.3, 0.4) is 0 Å². The fourth-order valence-corrected chi connectivity index (χ4v) is 14.7. The quantitative estimate of drug-likeness (QED) is 0.0210. The van der Waals surface area contributed by atoms with E-state index in [1.54, 1.807) is 0 Å². The van der Waals surface area contributed by atoms with Gasteiger partial charge in [0.05, 0.1) is 50.3 Å². The van der Waals surface area contributed by atoms with Gasteiger partial charge in [0.2, 0.25) is 65.2 Å². The Bertz CT molecular complexity index is 4140. The molecule has 129 heavy (non-hydrogen) atoms. The molecule has 0 saturated carbocycles. The van der Waals surface area contributed by atoms with E-state index in [0.717, 1.165) is 13.8 Å². The monoisotopic (exact) mass is 1990 g/mol. The molecule has 8 rings (SSSR count). The summed E-state index contributed by atoms with van der Waals surface area (Å²) in [6.07, 6.45) is -96.4. The van der Waals surface area contributed by atoms with Crippen LogP contribution in [0, 0.1) is 0 Å². The van der Waals surface area contributed by atoms with Gasteiger partial charge in [-0.1, -0.05) is 0 Å². The molecule has 0 radical (unpaired) electrons. The highest BCUT2D eigenvalue weighted by molar-refractivity contribution is 7.81. The van der Waals surface area contributed by atoms with Gasteiger partial charge in [0.25, 0.3) is 0 Å². The fraction of sp³-hybridized carbons (Fsp3) is 0.857. The van der Waals surface area contributed by atoms with E-state index in [-0.39, 0.29) is 49.2 Å². The molecule has 8 aliphatic heterocycles. The summed E-state index contributed by atoms with van der Waals surface area (Å²) in [6, 6.07) is -9.29. The van der Waals surface area contributed by atoms with Crippen LogP contribution < -0.4 is 90.9 Å². The molecule has 50 N–H and O–H groups in total. The van der Waals surface area contributed by atoms with Gasteiger partial charge in [0.15, 0.2) is 50.3 Å². The van der Waals surface area contributed by atoms with Gasteiger partial charge in [-0.3, -0.25) is 35.9 Å². The Kier molecular flexibility index (Phi) is 47.4. The van der Waals surface area contributed by atoms with Crippen LogP contribution in [0.4, 0.5) is 0 Å². The summed E-state index contributed by atoms with van der Waals surface area (Å²) in [5.41, 5.74) is 0. The highest BCUT2D eigenvalue weighted by atomic mass is 32.3. The zero-order valence-corrected chi connectivity index (χ0v) is 72.6. The minimum Gasteiger partial charge on any atom is -0.726 e. The molecule has 0 bridgehead atoms. The minimum absolute atomic E-state index is 0. The van der Waals surface area contributed by atoms with Gasteiger partial charge >= 0.3 is 0 Å². The van der Waals surface area contributed by atoms with Crippen molar-refractivity contribution in [2.24, 2.45) is 0 Å². The lowest BCUT2D eigenvalue weighted by Crippen LogP contribution is -2.72. The number of amides is 4. The highest BCUT2D eigenvalue weighted by Gasteiger charge is 2.62. The molecule has 760 valence electrons. The van der Waals surface area contributed by atoms with E-state index >= 15 is 0 Å². The van der Waals surface area contributed by atoms with Gasteiger partial charge in [-0.05, 0) is 0 Å². The first-order valence-corrected chi connectivity index (χ1v) is 39.9. The number of hydrogen-bond acceptors (Lipinski definition) is 57. The Balaban J connectivity index is 0.0000205. The lowest BCUT2D eigenvalue weighted by atomic mass is 9.93. The van der Waals surface area contributed by atoms with Crippen molar-refractivity contribution in [1.82, 2.24) is 70.5 Å². The van der Waals surface area contributed by atoms with Crippen molar-refractivity contribution in [3.63, 3.8) is 0 Å². The number of aliphatic hydroxyl groups excluding tert-OH is 14. The Hall–Kier alpha value is -6.24. The van der Waals surface area contributed by atoms with Crippen LogP contribution in [0.1, 0.15) is 27.7 Å². The molecule has 8 fully saturated rings. The maximum absolute atomic E-state index is 13.3. The topological polar surface area (TPSA) is 1260 Å².